The van der Waals surface area contributed by atoms with Crippen molar-refractivity contribution in [3.8, 4) is 0 Å². The van der Waals surface area contributed by atoms with Gasteiger partial charge >= 0.3 is 0 Å². The first kappa shape index (κ1) is 16.9. The van der Waals surface area contributed by atoms with Gasteiger partial charge in [-0.2, -0.15) is 0 Å². The second-order valence-corrected chi connectivity index (χ2v) is 9.15. The predicted octanol–water partition coefficient (Wildman–Crippen LogP) is 4.83. The van der Waals surface area contributed by atoms with Gasteiger partial charge in [0.2, 0.25) is 0 Å². The van der Waals surface area contributed by atoms with Crippen LogP contribution in [0.25, 0.3) is 0 Å². The van der Waals surface area contributed by atoms with Crippen molar-refractivity contribution in [3.05, 3.63) is 12.2 Å². The summed E-state index contributed by atoms with van der Waals surface area (Å²) in [7, 11) is 0. The van der Waals surface area contributed by atoms with Crippen LogP contribution in [0, 0.1) is 40.4 Å². The summed E-state index contributed by atoms with van der Waals surface area (Å²) in [4.78, 5) is 23.9. The monoisotopic (exact) mass is 316 g/mol. The van der Waals surface area contributed by atoms with E-state index in [1.54, 1.807) is 0 Å². The second-order valence-electron chi connectivity index (χ2n) is 9.15. The van der Waals surface area contributed by atoms with Gasteiger partial charge in [0.05, 0.1) is 0 Å². The number of hydrogen-bond acceptors (Lipinski definition) is 2. The molecule has 0 spiro atoms. The van der Waals surface area contributed by atoms with E-state index in [-0.39, 0.29) is 22.7 Å². The Kier molecular flexibility index (Phi) is 4.31. The molecule has 0 aromatic carbocycles. The minimum atomic E-state index is 0.00505. The zero-order chi connectivity index (χ0) is 16.8. The molecule has 3 aliphatic rings. The molecule has 0 heterocycles. The fourth-order valence-corrected chi connectivity index (χ4v) is 6.30. The predicted molar refractivity (Wildman–Crippen MR) is 92.9 cm³/mol. The highest BCUT2D eigenvalue weighted by atomic mass is 16.1. The van der Waals surface area contributed by atoms with Gasteiger partial charge in [0.1, 0.15) is 12.6 Å². The van der Waals surface area contributed by atoms with Gasteiger partial charge in [-0.1, -0.05) is 39.3 Å². The molecule has 0 amide bonds. The lowest BCUT2D eigenvalue weighted by molar-refractivity contribution is -0.133. The lowest BCUT2D eigenvalue weighted by Crippen LogP contribution is -2.50. The minimum Gasteiger partial charge on any atom is -0.303 e. The average molecular weight is 316 g/mol. The summed E-state index contributed by atoms with van der Waals surface area (Å²) in [5.41, 5.74) is 1.50. The Morgan fingerprint density at radius 1 is 1.04 bits per heavy atom. The molecule has 0 aromatic heterocycles. The van der Waals surface area contributed by atoms with Crippen molar-refractivity contribution in [1.82, 2.24) is 0 Å². The highest BCUT2D eigenvalue weighted by Crippen LogP contribution is 2.63. The Morgan fingerprint density at radius 3 is 2.43 bits per heavy atom. The third-order valence-corrected chi connectivity index (χ3v) is 8.13. The number of carbonyl (C=O) groups excluding carboxylic acids is 2. The van der Waals surface area contributed by atoms with Crippen molar-refractivity contribution in [2.45, 2.75) is 65.7 Å². The molecule has 3 fully saturated rings. The number of carbonyl (C=O) groups is 2. The molecule has 128 valence electrons. The highest BCUT2D eigenvalue weighted by Gasteiger charge is 2.56. The van der Waals surface area contributed by atoms with Gasteiger partial charge in [0.15, 0.2) is 0 Å². The van der Waals surface area contributed by atoms with E-state index in [2.05, 4.69) is 27.4 Å². The molecule has 3 rings (SSSR count). The molecule has 0 N–H and O–H groups in total. The molecule has 0 aromatic rings. The molecule has 0 radical (unpaired) electrons. The standard InChI is InChI=1S/C21H32O2/c1-14-7-9-21(4,16(11-14)12-22)19-8-10-20(3)15(2)5-6-18(20)17(19)13-23/h12-14,16-19H,2,5-11H2,1,3-4H3/t14-,16+,17-,18-,19-,20+,21-/m0/s1. The first-order valence-electron chi connectivity index (χ1n) is 9.45. The first-order chi connectivity index (χ1) is 10.9. The Balaban J connectivity index is 1.92. The topological polar surface area (TPSA) is 34.1 Å². The van der Waals surface area contributed by atoms with Crippen LogP contribution in [0.1, 0.15) is 65.7 Å². The number of rotatable bonds is 3. The second kappa shape index (κ2) is 5.86. The Hall–Kier alpha value is -0.920. The van der Waals surface area contributed by atoms with E-state index in [1.807, 2.05) is 0 Å². The molecular formula is C21H32O2. The molecule has 23 heavy (non-hydrogen) atoms. The summed E-state index contributed by atoms with van der Waals surface area (Å²) in [5, 5.41) is 0. The zero-order valence-corrected chi connectivity index (χ0v) is 15.0. The fourth-order valence-electron chi connectivity index (χ4n) is 6.30. The van der Waals surface area contributed by atoms with E-state index in [0.29, 0.717) is 17.8 Å². The third-order valence-electron chi connectivity index (χ3n) is 8.13. The van der Waals surface area contributed by atoms with Crippen molar-refractivity contribution in [2.24, 2.45) is 40.4 Å². The van der Waals surface area contributed by atoms with Crippen LogP contribution in [-0.4, -0.2) is 12.6 Å². The maximum Gasteiger partial charge on any atom is 0.123 e. The number of allylic oxidation sites excluding steroid dienone is 1. The van der Waals surface area contributed by atoms with Crippen LogP contribution in [0.4, 0.5) is 0 Å². The van der Waals surface area contributed by atoms with Crippen LogP contribution in [0.2, 0.25) is 0 Å². The molecule has 0 aliphatic heterocycles. The molecule has 2 heteroatoms. The van der Waals surface area contributed by atoms with Gasteiger partial charge in [-0.3, -0.25) is 0 Å². The van der Waals surface area contributed by atoms with E-state index in [0.717, 1.165) is 38.5 Å². The Bertz CT molecular complexity index is 510. The van der Waals surface area contributed by atoms with Crippen molar-refractivity contribution >= 4 is 12.6 Å². The molecule has 0 bridgehead atoms. The van der Waals surface area contributed by atoms with E-state index in [9.17, 15) is 9.59 Å². The van der Waals surface area contributed by atoms with E-state index in [1.165, 1.54) is 24.6 Å². The van der Waals surface area contributed by atoms with Crippen LogP contribution in [-0.2, 0) is 9.59 Å². The van der Waals surface area contributed by atoms with Crippen LogP contribution in [0.15, 0.2) is 12.2 Å². The third kappa shape index (κ3) is 2.44. The number of fused-ring (bicyclic) bond motifs is 1. The summed E-state index contributed by atoms with van der Waals surface area (Å²) in [6.07, 6.45) is 10.1. The zero-order valence-electron chi connectivity index (χ0n) is 15.0. The smallest absolute Gasteiger partial charge is 0.123 e. The summed E-state index contributed by atoms with van der Waals surface area (Å²) in [6, 6.07) is 0. The van der Waals surface area contributed by atoms with Crippen LogP contribution in [0.5, 0.6) is 0 Å². The maximum atomic E-state index is 12.1. The largest absolute Gasteiger partial charge is 0.303 e. The van der Waals surface area contributed by atoms with Crippen molar-refractivity contribution in [3.63, 3.8) is 0 Å². The molecule has 2 nitrogen and oxygen atoms in total. The van der Waals surface area contributed by atoms with Gasteiger partial charge in [-0.05, 0) is 67.1 Å². The van der Waals surface area contributed by atoms with Crippen molar-refractivity contribution in [2.75, 3.05) is 0 Å². The van der Waals surface area contributed by atoms with Gasteiger partial charge in [0, 0.05) is 11.8 Å². The molecule has 3 saturated carbocycles. The molecule has 7 atom stereocenters. The quantitative estimate of drug-likeness (QED) is 0.552. The summed E-state index contributed by atoms with van der Waals surface area (Å²) in [5.74, 6) is 1.66. The van der Waals surface area contributed by atoms with Crippen LogP contribution in [0.3, 0.4) is 0 Å². The summed E-state index contributed by atoms with van der Waals surface area (Å²) < 4.78 is 0. The maximum absolute atomic E-state index is 12.1. The van der Waals surface area contributed by atoms with Gasteiger partial charge in [0.25, 0.3) is 0 Å². The minimum absolute atomic E-state index is 0.00505. The van der Waals surface area contributed by atoms with Gasteiger partial charge in [-0.15, -0.1) is 0 Å². The van der Waals surface area contributed by atoms with E-state index < -0.39 is 0 Å². The number of hydrogen-bond donors (Lipinski definition) is 0. The fraction of sp³-hybridized carbons (Fsp3) is 0.810. The van der Waals surface area contributed by atoms with Crippen LogP contribution >= 0.6 is 0 Å². The molecular weight excluding hydrogens is 284 g/mol. The Labute approximate surface area is 141 Å². The lowest BCUT2D eigenvalue weighted by Gasteiger charge is -2.54. The molecule has 0 unspecified atom stereocenters. The van der Waals surface area contributed by atoms with E-state index in [4.69, 9.17) is 0 Å². The normalized spacial score (nSPS) is 50.4. The van der Waals surface area contributed by atoms with Crippen molar-refractivity contribution < 1.29 is 9.59 Å². The van der Waals surface area contributed by atoms with Crippen molar-refractivity contribution in [1.29, 1.82) is 0 Å². The summed E-state index contributed by atoms with van der Waals surface area (Å²) >= 11 is 0. The van der Waals surface area contributed by atoms with Gasteiger partial charge < -0.3 is 9.59 Å². The Morgan fingerprint density at radius 2 is 1.78 bits per heavy atom. The molecule has 0 saturated heterocycles. The summed E-state index contributed by atoms with van der Waals surface area (Å²) in [6.45, 7) is 11.2. The molecule has 3 aliphatic carbocycles. The SMILES string of the molecule is C=C1CC[C@H]2[C@H](C=O)[C@@H]([C@@]3(C)CC[C@H](C)C[C@@H]3C=O)CC[C@]12C. The van der Waals surface area contributed by atoms with Crippen LogP contribution < -0.4 is 0 Å². The first-order valence-corrected chi connectivity index (χ1v) is 9.45. The van der Waals surface area contributed by atoms with E-state index >= 15 is 0 Å². The average Bonchev–Trinajstić information content (AvgIpc) is 2.84. The highest BCUT2D eigenvalue weighted by molar-refractivity contribution is 5.59. The van der Waals surface area contributed by atoms with Gasteiger partial charge in [-0.25, -0.2) is 0 Å². The number of aldehydes is 2. The lowest BCUT2D eigenvalue weighted by atomic mass is 9.49.